The molecule has 0 saturated carbocycles. The van der Waals surface area contributed by atoms with Gasteiger partial charge in [-0.3, -0.25) is 0 Å². The molecule has 0 atom stereocenters. The Morgan fingerprint density at radius 2 is 2.14 bits per heavy atom. The van der Waals surface area contributed by atoms with Gasteiger partial charge in [-0.05, 0) is 13.8 Å². The van der Waals surface area contributed by atoms with E-state index >= 15 is 0 Å². The van der Waals surface area contributed by atoms with Crippen molar-refractivity contribution in [3.05, 3.63) is 0 Å². The highest BCUT2D eigenvalue weighted by Gasteiger charge is 2.38. The van der Waals surface area contributed by atoms with E-state index in [4.69, 9.17) is 9.84 Å². The average Bonchev–Trinajstić information content (AvgIpc) is 2.02. The maximum Gasteiger partial charge on any atom is 0.217 e. The lowest BCUT2D eigenvalue weighted by atomic mass is 10.1. The second-order valence-corrected chi connectivity index (χ2v) is 5.99. The van der Waals surface area contributed by atoms with E-state index in [0.717, 1.165) is 0 Å². The van der Waals surface area contributed by atoms with Crippen LogP contribution in [0, 0.1) is 0 Å². The zero-order chi connectivity index (χ0) is 10.8. The minimum atomic E-state index is -3.34. The van der Waals surface area contributed by atoms with Gasteiger partial charge in [0.2, 0.25) is 10.0 Å². The Labute approximate surface area is 84.7 Å². The molecule has 0 radical (unpaired) electrons. The van der Waals surface area contributed by atoms with Crippen LogP contribution in [0.4, 0.5) is 0 Å². The van der Waals surface area contributed by atoms with Gasteiger partial charge in [-0.2, -0.15) is 4.31 Å². The van der Waals surface area contributed by atoms with Gasteiger partial charge in [-0.1, -0.05) is 0 Å². The van der Waals surface area contributed by atoms with Crippen molar-refractivity contribution in [3.63, 3.8) is 0 Å². The molecule has 84 valence electrons. The second-order valence-electron chi connectivity index (χ2n) is 3.98. The van der Waals surface area contributed by atoms with Crippen LogP contribution in [0.15, 0.2) is 0 Å². The molecule has 1 aliphatic heterocycles. The molecule has 0 amide bonds. The van der Waals surface area contributed by atoms with Crippen molar-refractivity contribution in [1.29, 1.82) is 0 Å². The first-order valence-corrected chi connectivity index (χ1v) is 6.20. The standard InChI is InChI=1S/C8H17NO4S/c1-8(2)7-13-5-3-9(8)14(11,12)6-4-10/h10H,3-7H2,1-2H3. The summed E-state index contributed by atoms with van der Waals surface area (Å²) in [7, 11) is -3.34. The van der Waals surface area contributed by atoms with Crippen molar-refractivity contribution < 1.29 is 18.3 Å². The molecule has 1 N–H and O–H groups in total. The Hall–Kier alpha value is -0.170. The molecule has 0 unspecified atom stereocenters. The van der Waals surface area contributed by atoms with Gasteiger partial charge in [0.15, 0.2) is 0 Å². The van der Waals surface area contributed by atoms with Crippen molar-refractivity contribution in [3.8, 4) is 0 Å². The van der Waals surface area contributed by atoms with Crippen LogP contribution in [0.2, 0.25) is 0 Å². The molecule has 6 heteroatoms. The van der Waals surface area contributed by atoms with E-state index < -0.39 is 15.6 Å². The van der Waals surface area contributed by atoms with Crippen LogP contribution >= 0.6 is 0 Å². The first kappa shape index (κ1) is 11.9. The number of aliphatic hydroxyl groups excluding tert-OH is 1. The Balaban J connectivity index is 2.84. The van der Waals surface area contributed by atoms with Crippen LogP contribution in [0.1, 0.15) is 13.8 Å². The summed E-state index contributed by atoms with van der Waals surface area (Å²) in [4.78, 5) is 0. The summed E-state index contributed by atoms with van der Waals surface area (Å²) in [5.41, 5.74) is -0.508. The third kappa shape index (κ3) is 2.44. The number of morpholine rings is 1. The van der Waals surface area contributed by atoms with Gasteiger partial charge in [-0.15, -0.1) is 0 Å². The predicted octanol–water partition coefficient (Wildman–Crippen LogP) is -0.581. The highest BCUT2D eigenvalue weighted by molar-refractivity contribution is 7.89. The Bertz CT molecular complexity index is 286. The van der Waals surface area contributed by atoms with E-state index in [-0.39, 0.29) is 12.4 Å². The maximum absolute atomic E-state index is 11.7. The molecule has 0 aromatic heterocycles. The van der Waals surface area contributed by atoms with E-state index in [1.165, 1.54) is 4.31 Å². The zero-order valence-electron chi connectivity index (χ0n) is 8.56. The normalized spacial score (nSPS) is 23.6. The van der Waals surface area contributed by atoms with Crippen molar-refractivity contribution in [1.82, 2.24) is 4.31 Å². The zero-order valence-corrected chi connectivity index (χ0v) is 9.38. The fourth-order valence-electron chi connectivity index (χ4n) is 1.59. The Morgan fingerprint density at radius 1 is 1.50 bits per heavy atom. The minimum Gasteiger partial charge on any atom is -0.395 e. The smallest absolute Gasteiger partial charge is 0.217 e. The fourth-order valence-corrected chi connectivity index (χ4v) is 3.19. The molecule has 1 saturated heterocycles. The third-order valence-corrected chi connectivity index (χ3v) is 4.30. The van der Waals surface area contributed by atoms with Gasteiger partial charge in [0.05, 0.1) is 31.1 Å². The fraction of sp³-hybridized carbons (Fsp3) is 1.00. The summed E-state index contributed by atoms with van der Waals surface area (Å²) in [5.74, 6) is -0.212. The maximum atomic E-state index is 11.7. The van der Waals surface area contributed by atoms with E-state index in [0.29, 0.717) is 19.8 Å². The number of aliphatic hydroxyl groups is 1. The predicted molar refractivity (Wildman–Crippen MR) is 52.5 cm³/mol. The van der Waals surface area contributed by atoms with Crippen LogP contribution in [0.25, 0.3) is 0 Å². The summed E-state index contributed by atoms with van der Waals surface area (Å²) in [6, 6.07) is 0. The van der Waals surface area contributed by atoms with E-state index in [1.54, 1.807) is 0 Å². The average molecular weight is 223 g/mol. The van der Waals surface area contributed by atoms with E-state index in [2.05, 4.69) is 0 Å². The van der Waals surface area contributed by atoms with Gasteiger partial charge >= 0.3 is 0 Å². The molecule has 5 nitrogen and oxygen atoms in total. The van der Waals surface area contributed by atoms with Gasteiger partial charge in [-0.25, -0.2) is 8.42 Å². The van der Waals surface area contributed by atoms with Crippen molar-refractivity contribution in [2.24, 2.45) is 0 Å². The van der Waals surface area contributed by atoms with E-state index in [1.807, 2.05) is 13.8 Å². The first-order chi connectivity index (χ1) is 6.40. The lowest BCUT2D eigenvalue weighted by Gasteiger charge is -2.40. The van der Waals surface area contributed by atoms with E-state index in [9.17, 15) is 8.42 Å². The number of nitrogens with zero attached hydrogens (tertiary/aromatic N) is 1. The lowest BCUT2D eigenvalue weighted by molar-refractivity contribution is -0.00782. The van der Waals surface area contributed by atoms with Crippen LogP contribution in [-0.4, -0.2) is 55.5 Å². The monoisotopic (exact) mass is 223 g/mol. The van der Waals surface area contributed by atoms with Gasteiger partial charge < -0.3 is 9.84 Å². The molecule has 0 spiro atoms. The Kier molecular flexibility index (Phi) is 3.52. The number of sulfonamides is 1. The number of rotatable bonds is 3. The second kappa shape index (κ2) is 4.14. The van der Waals surface area contributed by atoms with Gasteiger partial charge in [0.25, 0.3) is 0 Å². The summed E-state index contributed by atoms with van der Waals surface area (Å²) >= 11 is 0. The number of ether oxygens (including phenoxy) is 1. The molecule has 1 fully saturated rings. The summed E-state index contributed by atoms with van der Waals surface area (Å²) in [6.07, 6.45) is 0. The highest BCUT2D eigenvalue weighted by atomic mass is 32.2. The highest BCUT2D eigenvalue weighted by Crippen LogP contribution is 2.22. The molecule has 0 aliphatic carbocycles. The molecule has 1 heterocycles. The molecule has 0 aromatic carbocycles. The summed E-state index contributed by atoms with van der Waals surface area (Å²) in [6.45, 7) is 4.50. The summed E-state index contributed by atoms with van der Waals surface area (Å²) < 4.78 is 30.1. The molecular weight excluding hydrogens is 206 g/mol. The number of hydrogen-bond acceptors (Lipinski definition) is 4. The molecular formula is C8H17NO4S. The minimum absolute atomic E-state index is 0.212. The van der Waals surface area contributed by atoms with Crippen molar-refractivity contribution >= 4 is 10.0 Å². The first-order valence-electron chi connectivity index (χ1n) is 4.59. The molecule has 1 rings (SSSR count). The van der Waals surface area contributed by atoms with Crippen LogP contribution in [0.3, 0.4) is 0 Å². The van der Waals surface area contributed by atoms with Crippen molar-refractivity contribution in [2.75, 3.05) is 32.1 Å². The number of hydrogen-bond donors (Lipinski definition) is 1. The largest absolute Gasteiger partial charge is 0.395 e. The lowest BCUT2D eigenvalue weighted by Crippen LogP contribution is -2.56. The van der Waals surface area contributed by atoms with Gasteiger partial charge in [0, 0.05) is 6.54 Å². The Morgan fingerprint density at radius 3 is 2.64 bits per heavy atom. The summed E-state index contributed by atoms with van der Waals surface area (Å²) in [5, 5.41) is 8.67. The van der Waals surface area contributed by atoms with Crippen LogP contribution in [0.5, 0.6) is 0 Å². The molecule has 1 aliphatic rings. The van der Waals surface area contributed by atoms with Crippen molar-refractivity contribution in [2.45, 2.75) is 19.4 Å². The van der Waals surface area contributed by atoms with Crippen LogP contribution < -0.4 is 0 Å². The molecule has 14 heavy (non-hydrogen) atoms. The van der Waals surface area contributed by atoms with Crippen LogP contribution in [-0.2, 0) is 14.8 Å². The molecule has 0 bridgehead atoms. The molecule has 0 aromatic rings. The third-order valence-electron chi connectivity index (χ3n) is 2.25. The quantitative estimate of drug-likeness (QED) is 0.695. The topological polar surface area (TPSA) is 66.8 Å². The van der Waals surface area contributed by atoms with Gasteiger partial charge in [0.1, 0.15) is 0 Å². The SMILES string of the molecule is CC1(C)COCCN1S(=O)(=O)CCO.